The number of fused-ring (bicyclic) bond motifs is 1. The second-order valence-electron chi connectivity index (χ2n) is 6.88. The van der Waals surface area contributed by atoms with Crippen LogP contribution in [-0.4, -0.2) is 12.1 Å². The van der Waals surface area contributed by atoms with Crippen LogP contribution in [0.3, 0.4) is 0 Å². The maximum Gasteiger partial charge on any atom is 0.271 e. The molecule has 27 heavy (non-hydrogen) atoms. The summed E-state index contributed by atoms with van der Waals surface area (Å²) in [5.74, 6) is -0.200. The molecule has 0 aliphatic heterocycles. The minimum absolute atomic E-state index is 0.200. The molecule has 130 valence electrons. The van der Waals surface area contributed by atoms with Gasteiger partial charge in [0.1, 0.15) is 0 Å². The third kappa shape index (κ3) is 2.68. The van der Waals surface area contributed by atoms with Gasteiger partial charge in [-0.25, -0.2) is 5.43 Å². The van der Waals surface area contributed by atoms with Gasteiger partial charge in [-0.15, -0.1) is 0 Å². The van der Waals surface area contributed by atoms with E-state index in [1.165, 1.54) is 21.9 Å². The molecule has 3 nitrogen and oxygen atoms in total. The van der Waals surface area contributed by atoms with Gasteiger partial charge < -0.3 is 0 Å². The zero-order valence-corrected chi connectivity index (χ0v) is 14.8. The molecule has 0 atom stereocenters. The normalized spacial score (nSPS) is 12.9. The van der Waals surface area contributed by atoms with E-state index in [9.17, 15) is 4.79 Å². The number of benzene rings is 4. The fraction of sp³-hybridized carbons (Fsp3) is 0.0833. The summed E-state index contributed by atoms with van der Waals surface area (Å²) < 4.78 is 0. The standard InChI is InChI=1S/C24H18N2O/c27-24(22-10-3-6-16-5-1-2-8-20(16)22)26-25-15-19-14-13-18-12-11-17-7-4-9-21(19)23(17)18/h1-10,13-15H,11-12H2,(H,26,27)/b25-15-. The molecule has 3 heteroatoms. The Bertz CT molecular complexity index is 1210. The predicted octanol–water partition coefficient (Wildman–Crippen LogP) is 4.86. The van der Waals surface area contributed by atoms with Crippen molar-refractivity contribution in [2.75, 3.05) is 0 Å². The maximum atomic E-state index is 12.6. The molecule has 4 aromatic rings. The van der Waals surface area contributed by atoms with Crippen LogP contribution in [0, 0.1) is 0 Å². The van der Waals surface area contributed by atoms with Gasteiger partial charge in [-0.2, -0.15) is 5.10 Å². The number of aryl methyl sites for hydroxylation is 2. The summed E-state index contributed by atoms with van der Waals surface area (Å²) in [5, 5.41) is 8.75. The van der Waals surface area contributed by atoms with Gasteiger partial charge >= 0.3 is 0 Å². The van der Waals surface area contributed by atoms with Crippen molar-refractivity contribution in [3.63, 3.8) is 0 Å². The molecule has 1 amide bonds. The molecule has 0 aromatic heterocycles. The number of nitrogens with one attached hydrogen (secondary N) is 1. The zero-order valence-electron chi connectivity index (χ0n) is 14.8. The third-order valence-electron chi connectivity index (χ3n) is 5.31. The van der Waals surface area contributed by atoms with E-state index in [4.69, 9.17) is 0 Å². The second-order valence-corrected chi connectivity index (χ2v) is 6.88. The lowest BCUT2D eigenvalue weighted by Crippen LogP contribution is -2.17. The van der Waals surface area contributed by atoms with Gasteiger partial charge in [-0.05, 0) is 51.6 Å². The summed E-state index contributed by atoms with van der Waals surface area (Å²) in [6.07, 6.45) is 3.94. The van der Waals surface area contributed by atoms with Gasteiger partial charge in [0.05, 0.1) is 6.21 Å². The fourth-order valence-corrected chi connectivity index (χ4v) is 4.03. The van der Waals surface area contributed by atoms with Crippen molar-refractivity contribution in [2.45, 2.75) is 12.8 Å². The van der Waals surface area contributed by atoms with Crippen LogP contribution in [0.4, 0.5) is 0 Å². The molecular formula is C24H18N2O. The summed E-state index contributed by atoms with van der Waals surface area (Å²) in [5.41, 5.74) is 7.13. The van der Waals surface area contributed by atoms with Crippen LogP contribution in [0.1, 0.15) is 27.0 Å². The highest BCUT2D eigenvalue weighted by molar-refractivity contribution is 6.08. The Morgan fingerprint density at radius 2 is 1.56 bits per heavy atom. The van der Waals surface area contributed by atoms with Gasteiger partial charge in [-0.3, -0.25) is 4.79 Å². The van der Waals surface area contributed by atoms with Crippen LogP contribution in [0.15, 0.2) is 77.9 Å². The number of hydrogen-bond acceptors (Lipinski definition) is 2. The lowest BCUT2D eigenvalue weighted by atomic mass is 10.0. The van der Waals surface area contributed by atoms with E-state index < -0.39 is 0 Å². The molecule has 0 fully saturated rings. The quantitative estimate of drug-likeness (QED) is 0.416. The molecule has 1 N–H and O–H groups in total. The van der Waals surface area contributed by atoms with E-state index in [1.54, 1.807) is 6.21 Å². The fourth-order valence-electron chi connectivity index (χ4n) is 4.03. The number of nitrogens with zero attached hydrogens (tertiary/aromatic N) is 1. The molecule has 0 unspecified atom stereocenters. The third-order valence-corrected chi connectivity index (χ3v) is 5.31. The number of carbonyl (C=O) groups excluding carboxylic acids is 1. The Balaban J connectivity index is 1.44. The molecule has 0 spiro atoms. The zero-order chi connectivity index (χ0) is 18.2. The molecule has 4 aromatic carbocycles. The Morgan fingerprint density at radius 3 is 2.48 bits per heavy atom. The van der Waals surface area contributed by atoms with Crippen molar-refractivity contribution in [2.24, 2.45) is 5.10 Å². The Kier molecular flexibility index (Phi) is 3.72. The summed E-state index contributed by atoms with van der Waals surface area (Å²) >= 11 is 0. The van der Waals surface area contributed by atoms with Crippen LogP contribution in [0.25, 0.3) is 21.5 Å². The number of amides is 1. The van der Waals surface area contributed by atoms with Gasteiger partial charge in [0.2, 0.25) is 0 Å². The van der Waals surface area contributed by atoms with Crippen molar-refractivity contribution >= 4 is 33.7 Å². The lowest BCUT2D eigenvalue weighted by Gasteiger charge is -2.06. The number of hydrogen-bond donors (Lipinski definition) is 1. The van der Waals surface area contributed by atoms with Gasteiger partial charge in [0, 0.05) is 11.1 Å². The summed E-state index contributed by atoms with van der Waals surface area (Å²) in [4.78, 5) is 12.6. The minimum Gasteiger partial charge on any atom is -0.267 e. The maximum absolute atomic E-state index is 12.6. The van der Waals surface area contributed by atoms with Crippen molar-refractivity contribution in [3.8, 4) is 0 Å². The second kappa shape index (κ2) is 6.36. The van der Waals surface area contributed by atoms with E-state index in [2.05, 4.69) is 40.9 Å². The van der Waals surface area contributed by atoms with E-state index in [0.717, 1.165) is 29.2 Å². The SMILES string of the molecule is O=C(N/N=C\c1ccc2c3c(cccc13)CC2)c1cccc2ccccc12. The first-order valence-corrected chi connectivity index (χ1v) is 9.16. The van der Waals surface area contributed by atoms with E-state index in [1.807, 2.05) is 42.5 Å². The Morgan fingerprint density at radius 1 is 0.815 bits per heavy atom. The molecule has 0 saturated carbocycles. The van der Waals surface area contributed by atoms with Crippen LogP contribution < -0.4 is 5.43 Å². The van der Waals surface area contributed by atoms with Crippen LogP contribution in [0.2, 0.25) is 0 Å². The van der Waals surface area contributed by atoms with Crippen molar-refractivity contribution in [3.05, 3.63) is 95.1 Å². The number of rotatable bonds is 3. The number of hydrazone groups is 1. The average Bonchev–Trinajstić information content (AvgIpc) is 3.14. The van der Waals surface area contributed by atoms with Gasteiger partial charge in [0.25, 0.3) is 5.91 Å². The van der Waals surface area contributed by atoms with Gasteiger partial charge in [0.15, 0.2) is 0 Å². The molecule has 0 radical (unpaired) electrons. The summed E-state index contributed by atoms with van der Waals surface area (Å²) in [7, 11) is 0. The molecule has 1 aliphatic rings. The molecule has 5 rings (SSSR count). The predicted molar refractivity (Wildman–Crippen MR) is 110 cm³/mol. The molecule has 1 aliphatic carbocycles. The largest absolute Gasteiger partial charge is 0.271 e. The van der Waals surface area contributed by atoms with Gasteiger partial charge in [-0.1, -0.05) is 66.7 Å². The first kappa shape index (κ1) is 15.8. The molecule has 0 saturated heterocycles. The summed E-state index contributed by atoms with van der Waals surface area (Å²) in [6.45, 7) is 0. The van der Waals surface area contributed by atoms with E-state index in [-0.39, 0.29) is 5.91 Å². The van der Waals surface area contributed by atoms with Crippen molar-refractivity contribution in [1.29, 1.82) is 0 Å². The molecule has 0 bridgehead atoms. The first-order valence-electron chi connectivity index (χ1n) is 9.16. The average molecular weight is 350 g/mol. The first-order chi connectivity index (χ1) is 13.3. The van der Waals surface area contributed by atoms with Crippen molar-refractivity contribution in [1.82, 2.24) is 5.43 Å². The minimum atomic E-state index is -0.200. The molecular weight excluding hydrogens is 332 g/mol. The van der Waals surface area contributed by atoms with Crippen LogP contribution in [-0.2, 0) is 12.8 Å². The lowest BCUT2D eigenvalue weighted by molar-refractivity contribution is 0.0957. The van der Waals surface area contributed by atoms with Crippen LogP contribution in [0.5, 0.6) is 0 Å². The molecule has 0 heterocycles. The number of carbonyl (C=O) groups is 1. The topological polar surface area (TPSA) is 41.5 Å². The Hall–Kier alpha value is -3.46. The van der Waals surface area contributed by atoms with E-state index >= 15 is 0 Å². The highest BCUT2D eigenvalue weighted by Gasteiger charge is 2.15. The highest BCUT2D eigenvalue weighted by atomic mass is 16.2. The summed E-state index contributed by atoms with van der Waals surface area (Å²) in [6, 6.07) is 24.3. The van der Waals surface area contributed by atoms with Crippen molar-refractivity contribution < 1.29 is 4.79 Å². The van der Waals surface area contributed by atoms with Crippen LogP contribution >= 0.6 is 0 Å². The Labute approximate surface area is 157 Å². The smallest absolute Gasteiger partial charge is 0.267 e. The highest BCUT2D eigenvalue weighted by Crippen LogP contribution is 2.32. The monoisotopic (exact) mass is 350 g/mol. The van der Waals surface area contributed by atoms with E-state index in [0.29, 0.717) is 5.56 Å².